The number of halogens is 1. The van der Waals surface area contributed by atoms with Crippen molar-refractivity contribution in [1.82, 2.24) is 5.16 Å². The van der Waals surface area contributed by atoms with Crippen molar-refractivity contribution in [3.05, 3.63) is 40.2 Å². The third kappa shape index (κ3) is 2.81. The molecule has 0 bridgehead atoms. The lowest BCUT2D eigenvalue weighted by Crippen LogP contribution is -2.18. The molecule has 0 saturated heterocycles. The van der Waals surface area contributed by atoms with Crippen LogP contribution in [-0.2, 0) is 12.8 Å². The summed E-state index contributed by atoms with van der Waals surface area (Å²) in [5.74, 6) is 1.59. The zero-order valence-corrected chi connectivity index (χ0v) is 13.2. The van der Waals surface area contributed by atoms with Crippen molar-refractivity contribution in [1.29, 1.82) is 0 Å². The van der Waals surface area contributed by atoms with Crippen LogP contribution in [0.5, 0.6) is 5.75 Å². The highest BCUT2D eigenvalue weighted by Gasteiger charge is 2.27. The van der Waals surface area contributed by atoms with E-state index in [1.54, 1.807) is 25.3 Å². The number of benzene rings is 1. The standard InChI is InChI=1S/C16H17ClN2O3/c1-9-3-5-13-11(7-9)15(19-22-13)16(20)18-12-8-10(17)4-6-14(12)21-2/h4,6,8-9H,3,5,7H2,1-2H3,(H,18,20)/t9-/m1/s1. The molecule has 0 radical (unpaired) electrons. The molecule has 1 amide bonds. The molecule has 3 rings (SSSR count). The number of ether oxygens (including phenoxy) is 1. The number of nitrogens with one attached hydrogen (secondary N) is 1. The molecule has 1 aliphatic rings. The Hall–Kier alpha value is -2.01. The molecule has 0 saturated carbocycles. The Morgan fingerprint density at radius 3 is 3.09 bits per heavy atom. The summed E-state index contributed by atoms with van der Waals surface area (Å²) in [5, 5.41) is 7.26. The Morgan fingerprint density at radius 1 is 1.50 bits per heavy atom. The van der Waals surface area contributed by atoms with Gasteiger partial charge in [-0.3, -0.25) is 4.79 Å². The third-order valence-corrected chi connectivity index (χ3v) is 4.15. The fourth-order valence-corrected chi connectivity index (χ4v) is 2.89. The fourth-order valence-electron chi connectivity index (χ4n) is 2.72. The van der Waals surface area contributed by atoms with E-state index in [2.05, 4.69) is 17.4 Å². The maximum absolute atomic E-state index is 12.5. The van der Waals surface area contributed by atoms with Crippen molar-refractivity contribution in [2.75, 3.05) is 12.4 Å². The van der Waals surface area contributed by atoms with E-state index >= 15 is 0 Å². The monoisotopic (exact) mass is 320 g/mol. The number of carbonyl (C=O) groups excluding carboxylic acids is 1. The quantitative estimate of drug-likeness (QED) is 0.936. The number of carbonyl (C=O) groups is 1. The van der Waals surface area contributed by atoms with E-state index in [4.69, 9.17) is 20.9 Å². The molecule has 1 atom stereocenters. The Morgan fingerprint density at radius 2 is 2.32 bits per heavy atom. The Bertz CT molecular complexity index is 711. The van der Waals surface area contributed by atoms with Gasteiger partial charge in [0, 0.05) is 17.0 Å². The van der Waals surface area contributed by atoms with Crippen molar-refractivity contribution in [2.24, 2.45) is 5.92 Å². The van der Waals surface area contributed by atoms with E-state index in [-0.39, 0.29) is 5.91 Å². The van der Waals surface area contributed by atoms with Crippen molar-refractivity contribution in [3.63, 3.8) is 0 Å². The van der Waals surface area contributed by atoms with Gasteiger partial charge in [0.2, 0.25) is 0 Å². The van der Waals surface area contributed by atoms with E-state index < -0.39 is 0 Å². The highest BCUT2D eigenvalue weighted by molar-refractivity contribution is 6.31. The number of aryl methyl sites for hydroxylation is 1. The first-order valence-corrected chi connectivity index (χ1v) is 7.58. The first-order chi connectivity index (χ1) is 10.6. The average Bonchev–Trinajstić information content (AvgIpc) is 2.90. The lowest BCUT2D eigenvalue weighted by atomic mass is 9.88. The van der Waals surface area contributed by atoms with Gasteiger partial charge in [0.15, 0.2) is 5.69 Å². The average molecular weight is 321 g/mol. The minimum atomic E-state index is -0.306. The molecule has 0 spiro atoms. The predicted molar refractivity (Wildman–Crippen MR) is 83.6 cm³/mol. The molecule has 5 nitrogen and oxygen atoms in total. The third-order valence-electron chi connectivity index (χ3n) is 3.91. The number of hydrogen-bond donors (Lipinski definition) is 1. The van der Waals surface area contributed by atoms with Gasteiger partial charge in [-0.1, -0.05) is 23.7 Å². The summed E-state index contributed by atoms with van der Waals surface area (Å²) >= 11 is 5.98. The van der Waals surface area contributed by atoms with Gasteiger partial charge in [0.05, 0.1) is 12.8 Å². The Kier molecular flexibility index (Phi) is 4.07. The summed E-state index contributed by atoms with van der Waals surface area (Å²) < 4.78 is 10.5. The lowest BCUT2D eigenvalue weighted by molar-refractivity contribution is 0.101. The maximum atomic E-state index is 12.5. The van der Waals surface area contributed by atoms with Crippen LogP contribution in [0.1, 0.15) is 35.2 Å². The number of hydrogen-bond acceptors (Lipinski definition) is 4. The summed E-state index contributed by atoms with van der Waals surface area (Å²) in [7, 11) is 1.54. The van der Waals surface area contributed by atoms with Crippen molar-refractivity contribution in [3.8, 4) is 5.75 Å². The van der Waals surface area contributed by atoms with E-state index in [0.29, 0.717) is 28.1 Å². The SMILES string of the molecule is COc1ccc(Cl)cc1NC(=O)c1noc2c1C[C@H](C)CC2. The van der Waals surface area contributed by atoms with Crippen molar-refractivity contribution < 1.29 is 14.1 Å². The molecular weight excluding hydrogens is 304 g/mol. The molecule has 0 unspecified atom stereocenters. The highest BCUT2D eigenvalue weighted by atomic mass is 35.5. The zero-order chi connectivity index (χ0) is 15.7. The predicted octanol–water partition coefficient (Wildman–Crippen LogP) is 3.71. The van der Waals surface area contributed by atoms with Crippen LogP contribution in [-0.4, -0.2) is 18.2 Å². The van der Waals surface area contributed by atoms with Gasteiger partial charge < -0.3 is 14.6 Å². The number of fused-ring (bicyclic) bond motifs is 1. The maximum Gasteiger partial charge on any atom is 0.278 e. The number of rotatable bonds is 3. The first-order valence-electron chi connectivity index (χ1n) is 7.20. The van der Waals surface area contributed by atoms with Crippen LogP contribution in [0.2, 0.25) is 5.02 Å². The van der Waals surface area contributed by atoms with Crippen molar-refractivity contribution >= 4 is 23.2 Å². The Labute approximate surface area is 133 Å². The molecule has 6 heteroatoms. The van der Waals surface area contributed by atoms with Crippen LogP contribution in [0.25, 0.3) is 0 Å². The summed E-state index contributed by atoms with van der Waals surface area (Å²) in [6, 6.07) is 5.06. The summed E-state index contributed by atoms with van der Waals surface area (Å²) in [6.45, 7) is 2.16. The van der Waals surface area contributed by atoms with Crippen molar-refractivity contribution in [2.45, 2.75) is 26.2 Å². The molecule has 1 aromatic carbocycles. The van der Waals surface area contributed by atoms with E-state index in [9.17, 15) is 4.79 Å². The van der Waals surface area contributed by atoms with Crippen LogP contribution < -0.4 is 10.1 Å². The van der Waals surface area contributed by atoms with Gasteiger partial charge >= 0.3 is 0 Å². The molecular formula is C16H17ClN2O3. The molecule has 0 aliphatic heterocycles. The molecule has 2 aromatic rings. The van der Waals surface area contributed by atoms with Gasteiger partial charge in [0.1, 0.15) is 11.5 Å². The van der Waals surface area contributed by atoms with Gasteiger partial charge in [0.25, 0.3) is 5.91 Å². The Balaban J connectivity index is 1.87. The molecule has 1 heterocycles. The molecule has 1 aromatic heterocycles. The second-order valence-corrected chi connectivity index (χ2v) is 6.02. The molecule has 116 valence electrons. The number of amides is 1. The van der Waals surface area contributed by atoms with E-state index in [1.807, 2.05) is 0 Å². The fraction of sp³-hybridized carbons (Fsp3) is 0.375. The molecule has 1 N–H and O–H groups in total. The molecule has 1 aliphatic carbocycles. The lowest BCUT2D eigenvalue weighted by Gasteiger charge is -2.16. The van der Waals surface area contributed by atoms with Gasteiger partial charge in [-0.25, -0.2) is 0 Å². The van der Waals surface area contributed by atoms with Crippen LogP contribution in [0, 0.1) is 5.92 Å². The van der Waals surface area contributed by atoms with Crippen LogP contribution >= 0.6 is 11.6 Å². The topological polar surface area (TPSA) is 64.4 Å². The second-order valence-electron chi connectivity index (χ2n) is 5.58. The highest BCUT2D eigenvalue weighted by Crippen LogP contribution is 2.31. The number of anilines is 1. The smallest absolute Gasteiger partial charge is 0.278 e. The minimum absolute atomic E-state index is 0.306. The number of aromatic nitrogens is 1. The van der Waals surface area contributed by atoms with Gasteiger partial charge in [-0.15, -0.1) is 0 Å². The summed E-state index contributed by atoms with van der Waals surface area (Å²) in [6.07, 6.45) is 2.71. The molecule has 0 fully saturated rings. The second kappa shape index (κ2) is 6.01. The van der Waals surface area contributed by atoms with Gasteiger partial charge in [-0.05, 0) is 37.0 Å². The molecule has 22 heavy (non-hydrogen) atoms. The van der Waals surface area contributed by atoms with Gasteiger partial charge in [-0.2, -0.15) is 0 Å². The normalized spacial score (nSPS) is 17.0. The van der Waals surface area contributed by atoms with Crippen LogP contribution in [0.3, 0.4) is 0 Å². The van der Waals surface area contributed by atoms with Crippen LogP contribution in [0.4, 0.5) is 5.69 Å². The minimum Gasteiger partial charge on any atom is -0.495 e. The van der Waals surface area contributed by atoms with E-state index in [0.717, 1.165) is 30.6 Å². The first kappa shape index (κ1) is 14.9. The number of methoxy groups -OCH3 is 1. The zero-order valence-electron chi connectivity index (χ0n) is 12.5. The summed E-state index contributed by atoms with van der Waals surface area (Å²) in [4.78, 5) is 12.5. The largest absolute Gasteiger partial charge is 0.495 e. The number of nitrogens with zero attached hydrogens (tertiary/aromatic N) is 1. The summed E-state index contributed by atoms with van der Waals surface area (Å²) in [5.41, 5.74) is 1.78. The van der Waals surface area contributed by atoms with E-state index in [1.165, 1.54) is 0 Å². The van der Waals surface area contributed by atoms with Crippen LogP contribution in [0.15, 0.2) is 22.7 Å².